The molecule has 1 aliphatic rings. The fourth-order valence-corrected chi connectivity index (χ4v) is 2.35. The minimum atomic E-state index is -0.0331. The lowest BCUT2D eigenvalue weighted by Gasteiger charge is -2.15. The number of allylic oxidation sites excluding steroid dienone is 1. The molecule has 0 amide bonds. The smallest absolute Gasteiger partial charge is 0.329 e. The molecule has 1 N–H and O–H groups in total. The summed E-state index contributed by atoms with van der Waals surface area (Å²) < 4.78 is 3.32. The van der Waals surface area contributed by atoms with Crippen molar-refractivity contribution in [2.24, 2.45) is 7.05 Å². The molecule has 16 heavy (non-hydrogen) atoms. The van der Waals surface area contributed by atoms with Crippen LogP contribution in [0.25, 0.3) is 16.8 Å². The Hall–Kier alpha value is -1.97. The average Bonchev–Trinajstić information content (AvgIpc) is 2.53. The topological polar surface area (TPSA) is 47.2 Å². The van der Waals surface area contributed by atoms with Crippen LogP contribution < -0.4 is 5.69 Å². The average molecular weight is 216 g/mol. The first kappa shape index (κ1) is 9.27. The van der Waals surface area contributed by atoms with Crippen molar-refractivity contribution in [3.8, 4) is 0 Å². The third kappa shape index (κ3) is 0.913. The summed E-state index contributed by atoms with van der Waals surface area (Å²) >= 11 is 0. The van der Waals surface area contributed by atoms with Gasteiger partial charge in [-0.25, -0.2) is 4.79 Å². The number of benzene rings is 1. The van der Waals surface area contributed by atoms with Crippen LogP contribution in [0.4, 0.5) is 0 Å². The molecule has 2 aromatic rings. The van der Waals surface area contributed by atoms with E-state index in [1.165, 1.54) is 0 Å². The third-order valence-electron chi connectivity index (χ3n) is 3.22. The Morgan fingerprint density at radius 2 is 2.12 bits per heavy atom. The highest BCUT2D eigenvalue weighted by Crippen LogP contribution is 2.29. The molecule has 4 nitrogen and oxygen atoms in total. The fraction of sp³-hybridized carbons (Fsp3) is 0.250. The van der Waals surface area contributed by atoms with Gasteiger partial charge in [-0.1, -0.05) is 6.07 Å². The predicted octanol–water partition coefficient (Wildman–Crippen LogP) is 1.64. The van der Waals surface area contributed by atoms with E-state index in [2.05, 4.69) is 0 Å². The van der Waals surface area contributed by atoms with E-state index in [0.717, 1.165) is 22.2 Å². The Bertz CT molecular complexity index is 689. The van der Waals surface area contributed by atoms with E-state index in [-0.39, 0.29) is 5.69 Å². The summed E-state index contributed by atoms with van der Waals surface area (Å²) in [5, 5.41) is 10.00. The van der Waals surface area contributed by atoms with E-state index < -0.39 is 0 Å². The van der Waals surface area contributed by atoms with Gasteiger partial charge >= 0.3 is 5.69 Å². The molecule has 0 unspecified atom stereocenters. The lowest BCUT2D eigenvalue weighted by molar-refractivity contribution is 0.498. The van der Waals surface area contributed by atoms with E-state index >= 15 is 0 Å². The van der Waals surface area contributed by atoms with Gasteiger partial charge < -0.3 is 5.11 Å². The molecule has 0 saturated carbocycles. The maximum atomic E-state index is 12.0. The Labute approximate surface area is 92.0 Å². The molecular formula is C12H12N2O2. The van der Waals surface area contributed by atoms with Gasteiger partial charge in [0.1, 0.15) is 5.76 Å². The summed E-state index contributed by atoms with van der Waals surface area (Å²) in [5.74, 6) is 0.302. The van der Waals surface area contributed by atoms with Gasteiger partial charge in [0.05, 0.1) is 17.6 Å². The number of hydrogen-bond acceptors (Lipinski definition) is 2. The molecule has 4 heteroatoms. The number of aliphatic hydroxyl groups excluding tert-OH is 1. The Morgan fingerprint density at radius 3 is 2.88 bits per heavy atom. The van der Waals surface area contributed by atoms with Crippen LogP contribution in [0.15, 0.2) is 28.6 Å². The molecule has 0 aliphatic carbocycles. The number of aromatic nitrogens is 2. The number of aliphatic hydroxyl groups is 1. The molecule has 1 aromatic heterocycles. The van der Waals surface area contributed by atoms with Gasteiger partial charge in [-0.05, 0) is 24.6 Å². The standard InChI is InChI=1S/C12H12N2O2/c1-7-6-14-10-8(11(7)15)4-3-5-9(10)13(2)12(14)16/h3-5,15H,6H2,1-2H3. The van der Waals surface area contributed by atoms with Gasteiger partial charge in [0.15, 0.2) is 0 Å². The summed E-state index contributed by atoms with van der Waals surface area (Å²) in [7, 11) is 1.75. The summed E-state index contributed by atoms with van der Waals surface area (Å²) in [6, 6.07) is 5.59. The molecule has 0 fully saturated rings. The van der Waals surface area contributed by atoms with Gasteiger partial charge in [0, 0.05) is 12.6 Å². The molecule has 0 bridgehead atoms. The zero-order valence-electron chi connectivity index (χ0n) is 9.19. The van der Waals surface area contributed by atoms with Crippen LogP contribution >= 0.6 is 0 Å². The summed E-state index contributed by atoms with van der Waals surface area (Å²) in [4.78, 5) is 12.0. The normalized spacial score (nSPS) is 14.9. The molecular weight excluding hydrogens is 204 g/mol. The highest BCUT2D eigenvalue weighted by Gasteiger charge is 2.21. The third-order valence-corrected chi connectivity index (χ3v) is 3.22. The Kier molecular flexibility index (Phi) is 1.61. The van der Waals surface area contributed by atoms with Gasteiger partial charge in [0.2, 0.25) is 0 Å². The first-order valence-corrected chi connectivity index (χ1v) is 5.18. The number of rotatable bonds is 0. The Balaban J connectivity index is 2.59. The van der Waals surface area contributed by atoms with E-state index in [1.54, 1.807) is 16.2 Å². The monoisotopic (exact) mass is 216 g/mol. The molecule has 1 aliphatic heterocycles. The molecule has 2 heterocycles. The number of aryl methyl sites for hydroxylation is 1. The first-order chi connectivity index (χ1) is 7.61. The highest BCUT2D eigenvalue weighted by molar-refractivity contribution is 5.90. The van der Waals surface area contributed by atoms with Crippen molar-refractivity contribution in [3.05, 3.63) is 39.8 Å². The lowest BCUT2D eigenvalue weighted by Crippen LogP contribution is -2.24. The van der Waals surface area contributed by atoms with Crippen LogP contribution in [0.5, 0.6) is 0 Å². The molecule has 3 rings (SSSR count). The van der Waals surface area contributed by atoms with Crippen molar-refractivity contribution >= 4 is 16.8 Å². The number of imidazole rings is 1. The predicted molar refractivity (Wildman–Crippen MR) is 62.4 cm³/mol. The molecule has 0 atom stereocenters. The Morgan fingerprint density at radius 1 is 1.38 bits per heavy atom. The van der Waals surface area contributed by atoms with Crippen LogP contribution in [0.3, 0.4) is 0 Å². The molecule has 0 saturated heterocycles. The van der Waals surface area contributed by atoms with E-state index in [0.29, 0.717) is 12.3 Å². The van der Waals surface area contributed by atoms with Crippen molar-refractivity contribution in [2.45, 2.75) is 13.5 Å². The quantitative estimate of drug-likeness (QED) is 0.727. The second-order valence-electron chi connectivity index (χ2n) is 4.23. The molecule has 0 radical (unpaired) electrons. The van der Waals surface area contributed by atoms with Gasteiger partial charge in [-0.3, -0.25) is 9.13 Å². The van der Waals surface area contributed by atoms with Crippen molar-refractivity contribution < 1.29 is 5.11 Å². The van der Waals surface area contributed by atoms with Crippen molar-refractivity contribution in [1.82, 2.24) is 9.13 Å². The van der Waals surface area contributed by atoms with Gasteiger partial charge in [0.25, 0.3) is 0 Å². The summed E-state index contributed by atoms with van der Waals surface area (Å²) in [5.41, 5.74) is 3.24. The van der Waals surface area contributed by atoms with Crippen LogP contribution in [0.1, 0.15) is 12.5 Å². The minimum absolute atomic E-state index is 0.0331. The van der Waals surface area contributed by atoms with Crippen molar-refractivity contribution in [1.29, 1.82) is 0 Å². The number of hydrogen-bond donors (Lipinski definition) is 1. The van der Waals surface area contributed by atoms with Crippen LogP contribution in [-0.4, -0.2) is 14.2 Å². The number of nitrogens with zero attached hydrogens (tertiary/aromatic N) is 2. The second-order valence-corrected chi connectivity index (χ2v) is 4.23. The fourth-order valence-electron chi connectivity index (χ4n) is 2.35. The summed E-state index contributed by atoms with van der Waals surface area (Å²) in [6.45, 7) is 2.32. The van der Waals surface area contributed by atoms with Crippen LogP contribution in [-0.2, 0) is 13.6 Å². The van der Waals surface area contributed by atoms with Gasteiger partial charge in [-0.15, -0.1) is 0 Å². The van der Waals surface area contributed by atoms with E-state index in [1.807, 2.05) is 25.1 Å². The van der Waals surface area contributed by atoms with Crippen LogP contribution in [0, 0.1) is 0 Å². The lowest BCUT2D eigenvalue weighted by atomic mass is 10.0. The molecule has 0 spiro atoms. The second kappa shape index (κ2) is 2.78. The van der Waals surface area contributed by atoms with E-state index in [9.17, 15) is 9.90 Å². The highest BCUT2D eigenvalue weighted by atomic mass is 16.3. The maximum Gasteiger partial charge on any atom is 0.329 e. The minimum Gasteiger partial charge on any atom is -0.507 e. The van der Waals surface area contributed by atoms with Gasteiger partial charge in [-0.2, -0.15) is 0 Å². The van der Waals surface area contributed by atoms with Crippen molar-refractivity contribution in [2.75, 3.05) is 0 Å². The van der Waals surface area contributed by atoms with E-state index in [4.69, 9.17) is 0 Å². The summed E-state index contributed by atoms with van der Waals surface area (Å²) in [6.07, 6.45) is 0. The zero-order chi connectivity index (χ0) is 11.4. The zero-order valence-corrected chi connectivity index (χ0v) is 9.19. The first-order valence-electron chi connectivity index (χ1n) is 5.18. The molecule has 82 valence electrons. The SMILES string of the molecule is CC1=C(O)c2cccc3c2n(c(=O)n3C)C1. The molecule has 1 aromatic carbocycles. The largest absolute Gasteiger partial charge is 0.507 e. The number of para-hydroxylation sites is 1. The van der Waals surface area contributed by atoms with Crippen LogP contribution in [0.2, 0.25) is 0 Å². The maximum absolute atomic E-state index is 12.0. The van der Waals surface area contributed by atoms with Crippen molar-refractivity contribution in [3.63, 3.8) is 0 Å².